The molecular weight excluding hydrogens is 432 g/mol. The highest BCUT2D eigenvalue weighted by Gasteiger charge is 2.26. The lowest BCUT2D eigenvalue weighted by molar-refractivity contribution is -0.119. The number of methoxy groups -OCH3 is 1. The standard InChI is InChI=1S/C22H29ClN6O3/c1-13(30)25-16-7-5-6-8-17(16)26-20-15(23)12-24-22(28-20)27-18-10-9-14(11-19(18)32-4)21(31)29(2)3/h9-12,16-17H,5-8H2,1-4H3,(H,25,30)(H2,24,26,27,28). The number of benzene rings is 1. The van der Waals surface area contributed by atoms with Crippen molar-refractivity contribution < 1.29 is 14.3 Å². The summed E-state index contributed by atoms with van der Waals surface area (Å²) in [5, 5.41) is 9.91. The van der Waals surface area contributed by atoms with Gasteiger partial charge < -0.3 is 25.6 Å². The number of rotatable bonds is 7. The van der Waals surface area contributed by atoms with Crippen LogP contribution in [0.2, 0.25) is 5.02 Å². The molecule has 1 aromatic heterocycles. The van der Waals surface area contributed by atoms with E-state index in [2.05, 4.69) is 25.9 Å². The highest BCUT2D eigenvalue weighted by molar-refractivity contribution is 6.32. The first-order chi connectivity index (χ1) is 15.3. The molecule has 0 spiro atoms. The second kappa shape index (κ2) is 10.5. The van der Waals surface area contributed by atoms with E-state index in [4.69, 9.17) is 16.3 Å². The van der Waals surface area contributed by atoms with Gasteiger partial charge in [-0.05, 0) is 31.0 Å². The molecule has 1 saturated carbocycles. The molecule has 9 nitrogen and oxygen atoms in total. The average molecular weight is 461 g/mol. The maximum atomic E-state index is 12.2. The number of ether oxygens (including phenoxy) is 1. The van der Waals surface area contributed by atoms with Gasteiger partial charge in [-0.2, -0.15) is 4.98 Å². The number of hydrogen-bond donors (Lipinski definition) is 3. The minimum Gasteiger partial charge on any atom is -0.495 e. The minimum atomic E-state index is -0.120. The van der Waals surface area contributed by atoms with Crippen LogP contribution in [0.5, 0.6) is 5.75 Å². The van der Waals surface area contributed by atoms with Gasteiger partial charge in [-0.3, -0.25) is 9.59 Å². The molecule has 1 aliphatic rings. The lowest BCUT2D eigenvalue weighted by Crippen LogP contribution is -2.48. The first-order valence-corrected chi connectivity index (χ1v) is 10.9. The Hall–Kier alpha value is -3.07. The van der Waals surface area contributed by atoms with E-state index in [0.717, 1.165) is 25.7 Å². The lowest BCUT2D eigenvalue weighted by atomic mass is 9.90. The smallest absolute Gasteiger partial charge is 0.253 e. The monoisotopic (exact) mass is 460 g/mol. The molecule has 1 heterocycles. The number of aromatic nitrogens is 2. The predicted molar refractivity (Wildman–Crippen MR) is 125 cm³/mol. The van der Waals surface area contributed by atoms with Gasteiger partial charge in [0.25, 0.3) is 5.91 Å². The molecular formula is C22H29ClN6O3. The molecule has 3 N–H and O–H groups in total. The number of anilines is 3. The molecule has 0 radical (unpaired) electrons. The molecule has 2 aromatic rings. The zero-order chi connectivity index (χ0) is 23.3. The zero-order valence-corrected chi connectivity index (χ0v) is 19.5. The van der Waals surface area contributed by atoms with Crippen LogP contribution < -0.4 is 20.7 Å². The Morgan fingerprint density at radius 2 is 1.91 bits per heavy atom. The van der Waals surface area contributed by atoms with Crippen molar-refractivity contribution in [1.82, 2.24) is 20.2 Å². The average Bonchev–Trinajstić information content (AvgIpc) is 2.76. The first kappa shape index (κ1) is 23.6. The molecule has 1 aromatic carbocycles. The molecule has 3 rings (SSSR count). The van der Waals surface area contributed by atoms with Crippen molar-refractivity contribution in [1.29, 1.82) is 0 Å². The van der Waals surface area contributed by atoms with Gasteiger partial charge in [0.1, 0.15) is 10.8 Å². The van der Waals surface area contributed by atoms with Crippen LogP contribution in [0.4, 0.5) is 17.5 Å². The maximum absolute atomic E-state index is 12.2. The number of hydrogen-bond acceptors (Lipinski definition) is 7. The summed E-state index contributed by atoms with van der Waals surface area (Å²) >= 11 is 6.35. The SMILES string of the molecule is COc1cc(C(=O)N(C)C)ccc1Nc1ncc(Cl)c(NC2CCCCC2NC(C)=O)n1. The molecule has 1 fully saturated rings. The van der Waals surface area contributed by atoms with E-state index < -0.39 is 0 Å². The molecule has 32 heavy (non-hydrogen) atoms. The van der Waals surface area contributed by atoms with E-state index in [1.165, 1.54) is 25.1 Å². The van der Waals surface area contributed by atoms with Crippen LogP contribution in [-0.4, -0.2) is 60.0 Å². The molecule has 0 saturated heterocycles. The normalized spacial score (nSPS) is 17.9. The van der Waals surface area contributed by atoms with E-state index in [1.807, 2.05) is 0 Å². The second-order valence-corrected chi connectivity index (χ2v) is 8.38. The van der Waals surface area contributed by atoms with Crippen LogP contribution in [0.3, 0.4) is 0 Å². The zero-order valence-electron chi connectivity index (χ0n) is 18.7. The fourth-order valence-electron chi connectivity index (χ4n) is 3.75. The third-order valence-corrected chi connectivity index (χ3v) is 5.60. The number of nitrogens with zero attached hydrogens (tertiary/aromatic N) is 3. The third kappa shape index (κ3) is 5.79. The summed E-state index contributed by atoms with van der Waals surface area (Å²) in [6, 6.07) is 5.17. The summed E-state index contributed by atoms with van der Waals surface area (Å²) in [5.74, 6) is 1.13. The summed E-state index contributed by atoms with van der Waals surface area (Å²) < 4.78 is 5.44. The van der Waals surface area contributed by atoms with Crippen LogP contribution in [-0.2, 0) is 4.79 Å². The number of carbonyl (C=O) groups excluding carboxylic acids is 2. The van der Waals surface area contributed by atoms with E-state index in [9.17, 15) is 9.59 Å². The molecule has 2 unspecified atom stereocenters. The quantitative estimate of drug-likeness (QED) is 0.580. The van der Waals surface area contributed by atoms with Crippen molar-refractivity contribution >= 4 is 40.9 Å². The summed E-state index contributed by atoms with van der Waals surface area (Å²) in [6.45, 7) is 1.52. The van der Waals surface area contributed by atoms with Crippen LogP contribution in [0, 0.1) is 0 Å². The summed E-state index contributed by atoms with van der Waals surface area (Å²) in [7, 11) is 4.92. The summed E-state index contributed by atoms with van der Waals surface area (Å²) in [4.78, 5) is 34.1. The Morgan fingerprint density at radius 3 is 2.56 bits per heavy atom. The largest absolute Gasteiger partial charge is 0.495 e. The molecule has 0 bridgehead atoms. The Labute approximate surface area is 192 Å². The Morgan fingerprint density at radius 1 is 1.19 bits per heavy atom. The van der Waals surface area contributed by atoms with Gasteiger partial charge in [0, 0.05) is 38.7 Å². The van der Waals surface area contributed by atoms with Gasteiger partial charge in [-0.25, -0.2) is 4.98 Å². The number of carbonyl (C=O) groups is 2. The van der Waals surface area contributed by atoms with Crippen LogP contribution in [0.25, 0.3) is 0 Å². The Balaban J connectivity index is 1.80. The number of halogens is 1. The van der Waals surface area contributed by atoms with Crippen molar-refractivity contribution in [2.45, 2.75) is 44.7 Å². The fourth-order valence-corrected chi connectivity index (χ4v) is 3.89. The van der Waals surface area contributed by atoms with E-state index >= 15 is 0 Å². The number of nitrogens with one attached hydrogen (secondary N) is 3. The summed E-state index contributed by atoms with van der Waals surface area (Å²) in [5.41, 5.74) is 1.13. The molecule has 2 atom stereocenters. The summed E-state index contributed by atoms with van der Waals surface area (Å²) in [6.07, 6.45) is 5.46. The topological polar surface area (TPSA) is 108 Å². The van der Waals surface area contributed by atoms with E-state index in [1.54, 1.807) is 32.3 Å². The van der Waals surface area contributed by atoms with Gasteiger partial charge in [-0.15, -0.1) is 0 Å². The Bertz CT molecular complexity index is 984. The molecule has 172 valence electrons. The maximum Gasteiger partial charge on any atom is 0.253 e. The second-order valence-electron chi connectivity index (χ2n) is 7.97. The van der Waals surface area contributed by atoms with Crippen molar-refractivity contribution in [3.05, 3.63) is 35.0 Å². The van der Waals surface area contributed by atoms with E-state index in [-0.39, 0.29) is 23.9 Å². The van der Waals surface area contributed by atoms with Crippen molar-refractivity contribution in [3.63, 3.8) is 0 Å². The minimum absolute atomic E-state index is 0.0190. The van der Waals surface area contributed by atoms with Crippen LogP contribution in [0.1, 0.15) is 43.0 Å². The van der Waals surface area contributed by atoms with Gasteiger partial charge >= 0.3 is 0 Å². The molecule has 2 amide bonds. The van der Waals surface area contributed by atoms with Crippen molar-refractivity contribution in [3.8, 4) is 5.75 Å². The number of amides is 2. The van der Waals surface area contributed by atoms with Gasteiger partial charge in [0.15, 0.2) is 5.82 Å². The Kier molecular flexibility index (Phi) is 7.74. The van der Waals surface area contributed by atoms with Crippen LogP contribution >= 0.6 is 11.6 Å². The van der Waals surface area contributed by atoms with Gasteiger partial charge in [0.05, 0.1) is 19.0 Å². The van der Waals surface area contributed by atoms with Crippen molar-refractivity contribution in [2.75, 3.05) is 31.8 Å². The van der Waals surface area contributed by atoms with Gasteiger partial charge in [0.2, 0.25) is 11.9 Å². The molecule has 1 aliphatic carbocycles. The predicted octanol–water partition coefficient (Wildman–Crippen LogP) is 3.44. The van der Waals surface area contributed by atoms with Gasteiger partial charge in [-0.1, -0.05) is 24.4 Å². The van der Waals surface area contributed by atoms with Crippen molar-refractivity contribution in [2.24, 2.45) is 0 Å². The first-order valence-electron chi connectivity index (χ1n) is 10.5. The third-order valence-electron chi connectivity index (χ3n) is 5.32. The molecule has 10 heteroatoms. The lowest BCUT2D eigenvalue weighted by Gasteiger charge is -2.33. The van der Waals surface area contributed by atoms with Crippen LogP contribution in [0.15, 0.2) is 24.4 Å². The van der Waals surface area contributed by atoms with E-state index in [0.29, 0.717) is 33.8 Å². The molecule has 0 aliphatic heterocycles. The highest BCUT2D eigenvalue weighted by Crippen LogP contribution is 2.30. The highest BCUT2D eigenvalue weighted by atomic mass is 35.5. The fraction of sp³-hybridized carbons (Fsp3) is 0.455.